The summed E-state index contributed by atoms with van der Waals surface area (Å²) in [4.78, 5) is 0. The Bertz CT molecular complexity index is 329. The lowest BCUT2D eigenvalue weighted by Gasteiger charge is -2.11. The second kappa shape index (κ2) is 6.66. The van der Waals surface area contributed by atoms with Crippen molar-refractivity contribution in [1.82, 2.24) is 0 Å². The molecule has 0 radical (unpaired) electrons. The van der Waals surface area contributed by atoms with Crippen molar-refractivity contribution in [2.24, 2.45) is 5.73 Å². The molecule has 0 bridgehead atoms. The topological polar surface area (TPSA) is 44.5 Å². The van der Waals surface area contributed by atoms with Gasteiger partial charge in [0.1, 0.15) is 11.5 Å². The van der Waals surface area contributed by atoms with Gasteiger partial charge in [0, 0.05) is 23.1 Å². The predicted molar refractivity (Wildman–Crippen MR) is 69.4 cm³/mol. The summed E-state index contributed by atoms with van der Waals surface area (Å²) in [6.45, 7) is 2.01. The minimum Gasteiger partial charge on any atom is -0.497 e. The normalized spacial score (nSPS) is 12.2. The largest absolute Gasteiger partial charge is 0.497 e. The molecule has 1 unspecified atom stereocenters. The minimum absolute atomic E-state index is 0.224. The fraction of sp³-hybridized carbons (Fsp3) is 0.500. The smallest absolute Gasteiger partial charge is 0.123 e. The van der Waals surface area contributed by atoms with Crippen LogP contribution in [0.5, 0.6) is 11.5 Å². The zero-order valence-electron chi connectivity index (χ0n) is 10.0. The number of rotatable bonds is 6. The van der Waals surface area contributed by atoms with Gasteiger partial charge in [0.15, 0.2) is 0 Å². The third kappa shape index (κ3) is 3.94. The summed E-state index contributed by atoms with van der Waals surface area (Å²) in [5.74, 6) is 3.60. The van der Waals surface area contributed by atoms with E-state index in [9.17, 15) is 0 Å². The van der Waals surface area contributed by atoms with E-state index in [1.807, 2.05) is 25.1 Å². The average molecular weight is 241 g/mol. The second-order valence-corrected chi connectivity index (χ2v) is 4.70. The second-order valence-electron chi connectivity index (χ2n) is 3.67. The molecule has 0 aromatic heterocycles. The van der Waals surface area contributed by atoms with Crippen molar-refractivity contribution in [3.63, 3.8) is 0 Å². The van der Waals surface area contributed by atoms with Crippen molar-refractivity contribution in [3.05, 3.63) is 23.8 Å². The van der Waals surface area contributed by atoms with E-state index < -0.39 is 0 Å². The lowest BCUT2D eigenvalue weighted by atomic mass is 10.2. The van der Waals surface area contributed by atoms with Gasteiger partial charge in [-0.3, -0.25) is 0 Å². The molecular weight excluding hydrogens is 222 g/mol. The number of benzene rings is 1. The maximum absolute atomic E-state index is 5.71. The molecular formula is C12H19NO2S. The summed E-state index contributed by atoms with van der Waals surface area (Å²) >= 11 is 1.80. The highest BCUT2D eigenvalue weighted by Crippen LogP contribution is 2.27. The number of ether oxygens (including phenoxy) is 2. The van der Waals surface area contributed by atoms with Gasteiger partial charge in [-0.25, -0.2) is 0 Å². The Labute approximate surface area is 101 Å². The van der Waals surface area contributed by atoms with Crippen molar-refractivity contribution in [3.8, 4) is 11.5 Å². The number of thioether (sulfide) groups is 1. The Balaban J connectivity index is 2.67. The molecule has 0 fully saturated rings. The first-order chi connectivity index (χ1) is 7.67. The van der Waals surface area contributed by atoms with Crippen LogP contribution in [0.1, 0.15) is 12.5 Å². The Morgan fingerprint density at radius 2 is 2.06 bits per heavy atom. The molecule has 0 saturated carbocycles. The molecule has 1 rings (SSSR count). The van der Waals surface area contributed by atoms with Gasteiger partial charge in [-0.15, -0.1) is 0 Å². The molecule has 0 aliphatic rings. The molecule has 1 atom stereocenters. The van der Waals surface area contributed by atoms with E-state index in [-0.39, 0.29) is 6.04 Å². The van der Waals surface area contributed by atoms with Gasteiger partial charge in [-0.2, -0.15) is 11.8 Å². The number of methoxy groups -OCH3 is 2. The first-order valence-corrected chi connectivity index (χ1v) is 6.37. The van der Waals surface area contributed by atoms with Crippen molar-refractivity contribution >= 4 is 11.8 Å². The summed E-state index contributed by atoms with van der Waals surface area (Å²) < 4.78 is 10.5. The Kier molecular flexibility index (Phi) is 5.49. The maximum atomic E-state index is 5.71. The van der Waals surface area contributed by atoms with Crippen molar-refractivity contribution in [2.75, 3.05) is 20.0 Å². The van der Waals surface area contributed by atoms with E-state index in [0.717, 1.165) is 28.6 Å². The van der Waals surface area contributed by atoms with Crippen LogP contribution in [0.3, 0.4) is 0 Å². The van der Waals surface area contributed by atoms with Gasteiger partial charge in [-0.1, -0.05) is 0 Å². The summed E-state index contributed by atoms with van der Waals surface area (Å²) in [5, 5.41) is 0. The lowest BCUT2D eigenvalue weighted by molar-refractivity contribution is 0.400. The molecule has 0 aliphatic heterocycles. The SMILES string of the molecule is COc1ccc(OC)c(CSCC(C)N)c1. The van der Waals surface area contributed by atoms with E-state index in [0.29, 0.717) is 0 Å². The van der Waals surface area contributed by atoms with Crippen LogP contribution in [-0.4, -0.2) is 26.0 Å². The molecule has 0 saturated heterocycles. The Morgan fingerprint density at radius 3 is 2.62 bits per heavy atom. The predicted octanol–water partition coefficient (Wildman–Crippen LogP) is 2.28. The molecule has 3 nitrogen and oxygen atoms in total. The molecule has 1 aromatic carbocycles. The third-order valence-corrected chi connectivity index (χ3v) is 3.40. The van der Waals surface area contributed by atoms with Crippen molar-refractivity contribution < 1.29 is 9.47 Å². The van der Waals surface area contributed by atoms with Gasteiger partial charge in [0.05, 0.1) is 14.2 Å². The molecule has 0 spiro atoms. The number of hydrogen-bond donors (Lipinski definition) is 1. The van der Waals surface area contributed by atoms with Gasteiger partial charge >= 0.3 is 0 Å². The van der Waals surface area contributed by atoms with Crippen LogP contribution in [0, 0.1) is 0 Å². The van der Waals surface area contributed by atoms with E-state index in [2.05, 4.69) is 0 Å². The molecule has 0 heterocycles. The molecule has 90 valence electrons. The Hall–Kier alpha value is -0.870. The third-order valence-electron chi connectivity index (χ3n) is 2.13. The average Bonchev–Trinajstić information content (AvgIpc) is 2.28. The fourth-order valence-corrected chi connectivity index (χ4v) is 2.28. The summed E-state index contributed by atoms with van der Waals surface area (Å²) in [5.41, 5.74) is 6.85. The summed E-state index contributed by atoms with van der Waals surface area (Å²) in [6, 6.07) is 6.06. The van der Waals surface area contributed by atoms with Crippen LogP contribution in [0.2, 0.25) is 0 Å². The van der Waals surface area contributed by atoms with Crippen LogP contribution in [0.15, 0.2) is 18.2 Å². The highest BCUT2D eigenvalue weighted by Gasteiger charge is 2.05. The van der Waals surface area contributed by atoms with Crippen molar-refractivity contribution in [1.29, 1.82) is 0 Å². The van der Waals surface area contributed by atoms with E-state index in [1.54, 1.807) is 26.0 Å². The Morgan fingerprint density at radius 1 is 1.31 bits per heavy atom. The maximum Gasteiger partial charge on any atom is 0.123 e. The van der Waals surface area contributed by atoms with E-state index in [4.69, 9.17) is 15.2 Å². The first-order valence-electron chi connectivity index (χ1n) is 5.21. The van der Waals surface area contributed by atoms with Gasteiger partial charge in [0.25, 0.3) is 0 Å². The first kappa shape index (κ1) is 13.2. The highest BCUT2D eigenvalue weighted by molar-refractivity contribution is 7.98. The summed E-state index contributed by atoms with van der Waals surface area (Å²) in [7, 11) is 3.35. The highest BCUT2D eigenvalue weighted by atomic mass is 32.2. The van der Waals surface area contributed by atoms with Crippen LogP contribution < -0.4 is 15.2 Å². The van der Waals surface area contributed by atoms with Gasteiger partial charge < -0.3 is 15.2 Å². The van der Waals surface area contributed by atoms with Crippen LogP contribution in [0.25, 0.3) is 0 Å². The standard InChI is InChI=1S/C12H19NO2S/c1-9(13)7-16-8-10-6-11(14-2)4-5-12(10)15-3/h4-6,9H,7-8,13H2,1-3H3. The van der Waals surface area contributed by atoms with Crippen LogP contribution >= 0.6 is 11.8 Å². The molecule has 4 heteroatoms. The van der Waals surface area contributed by atoms with E-state index in [1.165, 1.54) is 0 Å². The monoisotopic (exact) mass is 241 g/mol. The molecule has 0 amide bonds. The molecule has 1 aromatic rings. The number of hydrogen-bond acceptors (Lipinski definition) is 4. The lowest BCUT2D eigenvalue weighted by Crippen LogP contribution is -2.17. The summed E-state index contributed by atoms with van der Waals surface area (Å²) in [6.07, 6.45) is 0. The fourth-order valence-electron chi connectivity index (χ4n) is 1.35. The van der Waals surface area contributed by atoms with E-state index >= 15 is 0 Å². The quantitative estimate of drug-likeness (QED) is 0.830. The zero-order chi connectivity index (χ0) is 12.0. The van der Waals surface area contributed by atoms with Gasteiger partial charge in [0.2, 0.25) is 0 Å². The molecule has 16 heavy (non-hydrogen) atoms. The van der Waals surface area contributed by atoms with Crippen molar-refractivity contribution in [2.45, 2.75) is 18.7 Å². The minimum atomic E-state index is 0.224. The van der Waals surface area contributed by atoms with Gasteiger partial charge in [-0.05, 0) is 25.1 Å². The van der Waals surface area contributed by atoms with Crippen LogP contribution in [0.4, 0.5) is 0 Å². The number of nitrogens with two attached hydrogens (primary N) is 1. The zero-order valence-corrected chi connectivity index (χ0v) is 10.8. The molecule has 0 aliphatic carbocycles. The molecule has 2 N–H and O–H groups in total. The van der Waals surface area contributed by atoms with Crippen LogP contribution in [-0.2, 0) is 5.75 Å².